The van der Waals surface area contributed by atoms with Crippen LogP contribution < -0.4 is 10.2 Å². The van der Waals surface area contributed by atoms with Gasteiger partial charge in [0, 0.05) is 11.8 Å². The Morgan fingerprint density at radius 2 is 2.21 bits per heavy atom. The average Bonchev–Trinajstić information content (AvgIpc) is 3.23. The Kier molecular flexibility index (Phi) is 5.46. The number of aliphatic imine (C=N–C) groups is 2. The second kappa shape index (κ2) is 7.81. The third kappa shape index (κ3) is 4.04. The van der Waals surface area contributed by atoms with Gasteiger partial charge in [0.05, 0.1) is 18.9 Å². The lowest BCUT2D eigenvalue weighted by Crippen LogP contribution is -2.23. The maximum absolute atomic E-state index is 13.6. The van der Waals surface area contributed by atoms with Crippen LogP contribution in [0, 0.1) is 5.82 Å². The highest BCUT2D eigenvalue weighted by Gasteiger charge is 2.28. The Morgan fingerprint density at radius 3 is 2.86 bits per heavy atom. The topological polar surface area (TPSA) is 82.3 Å². The van der Waals surface area contributed by atoms with Crippen molar-refractivity contribution in [2.75, 3.05) is 7.11 Å². The molecule has 0 bridgehead atoms. The van der Waals surface area contributed by atoms with E-state index in [1.807, 2.05) is 13.8 Å². The first-order valence-corrected chi connectivity index (χ1v) is 8.60. The number of nitrogens with zero attached hydrogens (tertiary/aromatic N) is 4. The van der Waals surface area contributed by atoms with Crippen molar-refractivity contribution >= 4 is 24.3 Å². The summed E-state index contributed by atoms with van der Waals surface area (Å²) in [5.74, 6) is 1.12. The summed E-state index contributed by atoms with van der Waals surface area (Å²) in [5, 5.41) is 4.21. The number of rotatable bonds is 7. The summed E-state index contributed by atoms with van der Waals surface area (Å²) in [7, 11) is 1.52. The van der Waals surface area contributed by atoms with Crippen LogP contribution in [0.1, 0.15) is 38.0 Å². The molecule has 9 heteroatoms. The number of hydrogen-bond acceptors (Lipinski definition) is 7. The van der Waals surface area contributed by atoms with Crippen molar-refractivity contribution < 1.29 is 18.7 Å². The zero-order valence-corrected chi connectivity index (χ0v) is 16.1. The molecule has 1 aromatic heterocycles. The van der Waals surface area contributed by atoms with Gasteiger partial charge in [-0.25, -0.2) is 29.4 Å². The summed E-state index contributed by atoms with van der Waals surface area (Å²) in [6.07, 6.45) is 3.90. The molecule has 8 nitrogen and oxygen atoms in total. The van der Waals surface area contributed by atoms with E-state index in [1.54, 1.807) is 19.2 Å². The molecule has 2 aromatic rings. The number of hydroxylamine groups is 1. The van der Waals surface area contributed by atoms with Crippen LogP contribution in [0.25, 0.3) is 6.20 Å². The number of methoxy groups -OCH3 is 1. The molecule has 1 aliphatic heterocycles. The molecule has 1 aromatic carbocycles. The highest BCUT2D eigenvalue weighted by molar-refractivity contribution is 6.03. The first-order chi connectivity index (χ1) is 13.3. The van der Waals surface area contributed by atoms with Crippen LogP contribution in [0.5, 0.6) is 5.75 Å². The van der Waals surface area contributed by atoms with Crippen molar-refractivity contribution in [3.8, 4) is 5.75 Å². The third-order valence-electron chi connectivity index (χ3n) is 4.05. The van der Waals surface area contributed by atoms with Crippen LogP contribution in [0.3, 0.4) is 0 Å². The fourth-order valence-electron chi connectivity index (χ4n) is 2.66. The van der Waals surface area contributed by atoms with E-state index < -0.39 is 11.8 Å². The predicted molar refractivity (Wildman–Crippen MR) is 104 cm³/mol. The summed E-state index contributed by atoms with van der Waals surface area (Å²) in [6, 6.07) is 4.25. The van der Waals surface area contributed by atoms with E-state index in [0.717, 1.165) is 0 Å². The van der Waals surface area contributed by atoms with Gasteiger partial charge >= 0.3 is 0 Å². The quantitative estimate of drug-likeness (QED) is 0.580. The lowest BCUT2D eigenvalue weighted by molar-refractivity contribution is -0.0269. The third-order valence-corrected chi connectivity index (χ3v) is 4.05. The van der Waals surface area contributed by atoms with E-state index in [-0.39, 0.29) is 5.82 Å². The number of amidine groups is 1. The van der Waals surface area contributed by atoms with Gasteiger partial charge in [0.15, 0.2) is 23.8 Å². The van der Waals surface area contributed by atoms with E-state index >= 15 is 0 Å². The van der Waals surface area contributed by atoms with Crippen molar-refractivity contribution in [3.05, 3.63) is 47.9 Å². The lowest BCUT2D eigenvalue weighted by Gasteiger charge is -2.15. The maximum Gasteiger partial charge on any atom is 0.182 e. The highest BCUT2D eigenvalue weighted by Crippen LogP contribution is 2.28. The minimum absolute atomic E-state index is 0.372. The number of hydrogen-bond donors (Lipinski definition) is 1. The molecule has 1 aliphatic rings. The van der Waals surface area contributed by atoms with Gasteiger partial charge in [-0.1, -0.05) is 6.58 Å². The molecule has 1 atom stereocenters. The number of benzene rings is 1. The van der Waals surface area contributed by atoms with Crippen molar-refractivity contribution in [1.29, 1.82) is 0 Å². The molecule has 0 radical (unpaired) electrons. The van der Waals surface area contributed by atoms with Crippen molar-refractivity contribution in [2.24, 2.45) is 9.98 Å². The van der Waals surface area contributed by atoms with E-state index in [9.17, 15) is 4.39 Å². The minimum atomic E-state index is -0.689. The van der Waals surface area contributed by atoms with Gasteiger partial charge in [0.25, 0.3) is 0 Å². The number of aromatic nitrogens is 2. The standard InChI is InChI=1S/C19H22FN5O3/c1-6-25-18(15(10-22-25)17-23-19(3,4)28-24-17)21-11-27-12(2)14-9-13(20)7-8-16(14)26-5/h6-12H,1H2,2-5H3,(H,23,24)/t12-/m1/s1. The molecule has 1 N–H and O–H groups in total. The van der Waals surface area contributed by atoms with Crippen LogP contribution in [-0.2, 0) is 9.57 Å². The fraction of sp³-hybridized carbons (Fsp3) is 0.316. The van der Waals surface area contributed by atoms with Gasteiger partial charge in [-0.3, -0.25) is 0 Å². The summed E-state index contributed by atoms with van der Waals surface area (Å²) < 4.78 is 26.0. The summed E-state index contributed by atoms with van der Waals surface area (Å²) in [6.45, 7) is 9.14. The van der Waals surface area contributed by atoms with Crippen molar-refractivity contribution in [1.82, 2.24) is 15.3 Å². The van der Waals surface area contributed by atoms with Gasteiger partial charge in [0.2, 0.25) is 0 Å². The Bertz CT molecular complexity index is 936. The minimum Gasteiger partial charge on any atom is -0.496 e. The molecule has 148 valence electrons. The summed E-state index contributed by atoms with van der Waals surface area (Å²) in [5.41, 5.74) is 3.29. The molecule has 2 heterocycles. The Hall–Kier alpha value is -3.20. The van der Waals surface area contributed by atoms with Crippen LogP contribution in [-0.4, -0.2) is 34.9 Å². The summed E-state index contributed by atoms with van der Waals surface area (Å²) >= 11 is 0. The largest absolute Gasteiger partial charge is 0.496 e. The first-order valence-electron chi connectivity index (χ1n) is 8.60. The molecule has 0 unspecified atom stereocenters. The second-order valence-electron chi connectivity index (χ2n) is 6.52. The molecule has 0 aliphatic carbocycles. The Labute approximate surface area is 162 Å². The van der Waals surface area contributed by atoms with Crippen LogP contribution >= 0.6 is 0 Å². The van der Waals surface area contributed by atoms with Gasteiger partial charge in [-0.15, -0.1) is 0 Å². The summed E-state index contributed by atoms with van der Waals surface area (Å²) in [4.78, 5) is 14.2. The van der Waals surface area contributed by atoms with E-state index in [1.165, 1.54) is 36.5 Å². The molecule has 0 saturated heterocycles. The van der Waals surface area contributed by atoms with Gasteiger partial charge in [-0.05, 0) is 39.0 Å². The highest BCUT2D eigenvalue weighted by atomic mass is 19.1. The van der Waals surface area contributed by atoms with E-state index in [4.69, 9.17) is 14.3 Å². The van der Waals surface area contributed by atoms with Gasteiger partial charge in [-0.2, -0.15) is 5.10 Å². The SMILES string of the molecule is C=Cn1ncc(C2=NC(C)(C)ON2)c1N=CO[C@H](C)c1cc(F)ccc1OC. The first kappa shape index (κ1) is 19.6. The second-order valence-corrected chi connectivity index (χ2v) is 6.52. The smallest absolute Gasteiger partial charge is 0.182 e. The van der Waals surface area contributed by atoms with Crippen LogP contribution in [0.2, 0.25) is 0 Å². The predicted octanol–water partition coefficient (Wildman–Crippen LogP) is 3.59. The number of halogens is 1. The molecule has 28 heavy (non-hydrogen) atoms. The monoisotopic (exact) mass is 387 g/mol. The lowest BCUT2D eigenvalue weighted by atomic mass is 10.1. The maximum atomic E-state index is 13.6. The van der Waals surface area contributed by atoms with E-state index in [0.29, 0.717) is 28.5 Å². The molecular formula is C19H22FN5O3. The molecular weight excluding hydrogens is 365 g/mol. The van der Waals surface area contributed by atoms with Crippen molar-refractivity contribution in [2.45, 2.75) is 32.6 Å². The number of ether oxygens (including phenoxy) is 2. The number of nitrogens with one attached hydrogen (secondary N) is 1. The van der Waals surface area contributed by atoms with Crippen molar-refractivity contribution in [3.63, 3.8) is 0 Å². The van der Waals surface area contributed by atoms with E-state index in [2.05, 4.69) is 27.1 Å². The fourth-order valence-corrected chi connectivity index (χ4v) is 2.66. The van der Waals surface area contributed by atoms with Gasteiger partial charge in [0.1, 0.15) is 17.7 Å². The van der Waals surface area contributed by atoms with Gasteiger partial charge < -0.3 is 9.47 Å². The molecule has 0 fully saturated rings. The Morgan fingerprint density at radius 1 is 1.43 bits per heavy atom. The molecule has 0 amide bonds. The zero-order chi connectivity index (χ0) is 20.3. The normalized spacial score (nSPS) is 16.5. The van der Waals surface area contributed by atoms with Crippen LogP contribution in [0.4, 0.5) is 10.2 Å². The molecule has 0 spiro atoms. The Balaban J connectivity index is 1.82. The molecule has 3 rings (SSSR count). The average molecular weight is 387 g/mol. The molecule has 0 saturated carbocycles. The van der Waals surface area contributed by atoms with Crippen LogP contribution in [0.15, 0.2) is 41.0 Å². The zero-order valence-electron chi connectivity index (χ0n) is 16.1.